The summed E-state index contributed by atoms with van der Waals surface area (Å²) >= 11 is 5.61. The molecule has 1 fully saturated rings. The summed E-state index contributed by atoms with van der Waals surface area (Å²) in [5.41, 5.74) is 2.11. The normalized spacial score (nSPS) is 24.2. The zero-order valence-corrected chi connectivity index (χ0v) is 15.4. The maximum absolute atomic E-state index is 13.3. The van der Waals surface area contributed by atoms with E-state index in [4.69, 9.17) is 12.2 Å². The predicted octanol–water partition coefficient (Wildman–Crippen LogP) is 3.53. The first-order chi connectivity index (χ1) is 11.6. The smallest absolute Gasteiger partial charge is 0.263 e. The number of allylic oxidation sites excluding steroid dienone is 1. The summed E-state index contributed by atoms with van der Waals surface area (Å²) in [5, 5.41) is 4.04. The molecule has 1 atom stereocenters. The molecule has 3 rings (SSSR count). The molecule has 2 heterocycles. The van der Waals surface area contributed by atoms with Crippen molar-refractivity contribution in [1.29, 1.82) is 0 Å². The van der Waals surface area contributed by atoms with Gasteiger partial charge in [0.1, 0.15) is 0 Å². The van der Waals surface area contributed by atoms with Crippen molar-refractivity contribution < 1.29 is 4.79 Å². The van der Waals surface area contributed by atoms with E-state index in [1.165, 1.54) is 0 Å². The number of amides is 1. The van der Waals surface area contributed by atoms with Gasteiger partial charge in [-0.2, -0.15) is 0 Å². The Hall–Kier alpha value is -1.88. The van der Waals surface area contributed by atoms with Crippen molar-refractivity contribution in [3.63, 3.8) is 0 Å². The van der Waals surface area contributed by atoms with Crippen LogP contribution in [0.25, 0.3) is 0 Å². The number of hydrogen-bond donors (Lipinski definition) is 1. The largest absolute Gasteiger partial charge is 0.339 e. The summed E-state index contributed by atoms with van der Waals surface area (Å²) in [4.78, 5) is 17.1. The number of carbonyl (C=O) groups excluding carboxylic acids is 1. The fourth-order valence-electron chi connectivity index (χ4n) is 3.61. The Labute approximate surface area is 149 Å². The quantitative estimate of drug-likeness (QED) is 0.830. The molecule has 24 heavy (non-hydrogen) atoms. The maximum atomic E-state index is 13.3. The molecule has 5 heteroatoms. The van der Waals surface area contributed by atoms with Crippen molar-refractivity contribution in [2.24, 2.45) is 0 Å². The van der Waals surface area contributed by atoms with Crippen LogP contribution < -0.4 is 10.2 Å². The fraction of sp³-hybridized carbons (Fsp3) is 0.474. The third-order valence-electron chi connectivity index (χ3n) is 4.87. The third-order valence-corrected chi connectivity index (χ3v) is 5.19. The number of fused-ring (bicyclic) bond motifs is 2. The SMILES string of the molecule is CCC/C=C1\N(CCCC)C(=S)NC12C(=O)N(C)c1ccccc12. The molecule has 1 amide bonds. The minimum atomic E-state index is -0.856. The van der Waals surface area contributed by atoms with E-state index in [1.807, 2.05) is 31.3 Å². The third kappa shape index (κ3) is 2.34. The average Bonchev–Trinajstić information content (AvgIpc) is 2.99. The van der Waals surface area contributed by atoms with E-state index in [0.717, 1.165) is 49.2 Å². The lowest BCUT2D eigenvalue weighted by atomic mass is 9.87. The molecule has 0 bridgehead atoms. The Bertz CT molecular complexity index is 700. The number of nitrogens with zero attached hydrogens (tertiary/aromatic N) is 2. The number of unbranched alkanes of at least 4 members (excludes halogenated alkanes) is 2. The number of benzene rings is 1. The molecule has 0 aromatic heterocycles. The molecule has 0 radical (unpaired) electrons. The van der Waals surface area contributed by atoms with Crippen LogP contribution in [0.2, 0.25) is 0 Å². The Morgan fingerprint density at radius 3 is 2.71 bits per heavy atom. The lowest BCUT2D eigenvalue weighted by Crippen LogP contribution is -2.47. The predicted molar refractivity (Wildman–Crippen MR) is 102 cm³/mol. The number of anilines is 1. The van der Waals surface area contributed by atoms with E-state index in [9.17, 15) is 4.79 Å². The van der Waals surface area contributed by atoms with Crippen molar-refractivity contribution in [2.75, 3.05) is 18.5 Å². The molecule has 1 N–H and O–H groups in total. The summed E-state index contributed by atoms with van der Waals surface area (Å²) in [6, 6.07) is 8.00. The molecule has 1 aromatic carbocycles. The number of carbonyl (C=O) groups is 1. The van der Waals surface area contributed by atoms with E-state index in [2.05, 4.69) is 30.1 Å². The van der Waals surface area contributed by atoms with Crippen LogP contribution in [0.3, 0.4) is 0 Å². The second kappa shape index (κ2) is 6.55. The van der Waals surface area contributed by atoms with Gasteiger partial charge in [-0.3, -0.25) is 4.79 Å². The van der Waals surface area contributed by atoms with Crippen molar-refractivity contribution in [3.05, 3.63) is 41.6 Å². The van der Waals surface area contributed by atoms with Gasteiger partial charge in [0.15, 0.2) is 10.7 Å². The molecule has 0 saturated carbocycles. The molecular formula is C19H25N3OS. The molecular weight excluding hydrogens is 318 g/mol. The van der Waals surface area contributed by atoms with Crippen LogP contribution >= 0.6 is 12.2 Å². The molecule has 4 nitrogen and oxygen atoms in total. The lowest BCUT2D eigenvalue weighted by molar-refractivity contribution is -0.122. The minimum absolute atomic E-state index is 0.0485. The molecule has 128 valence electrons. The summed E-state index contributed by atoms with van der Waals surface area (Å²) in [5.74, 6) is 0.0485. The molecule has 1 unspecified atom stereocenters. The Morgan fingerprint density at radius 1 is 1.25 bits per heavy atom. The van der Waals surface area contributed by atoms with Crippen molar-refractivity contribution in [3.8, 4) is 0 Å². The first kappa shape index (κ1) is 17.0. The van der Waals surface area contributed by atoms with Crippen molar-refractivity contribution in [2.45, 2.75) is 45.1 Å². The topological polar surface area (TPSA) is 35.6 Å². The van der Waals surface area contributed by atoms with Gasteiger partial charge in [0.25, 0.3) is 5.91 Å². The Balaban J connectivity index is 2.14. The molecule has 2 aliphatic rings. The van der Waals surface area contributed by atoms with Gasteiger partial charge in [-0.05, 0) is 31.1 Å². The number of hydrogen-bond acceptors (Lipinski definition) is 2. The van der Waals surface area contributed by atoms with Crippen molar-refractivity contribution in [1.82, 2.24) is 10.2 Å². The van der Waals surface area contributed by atoms with Crippen LogP contribution in [0.15, 0.2) is 36.0 Å². The van der Waals surface area contributed by atoms with Gasteiger partial charge in [-0.1, -0.05) is 51.0 Å². The van der Waals surface area contributed by atoms with Gasteiger partial charge in [-0.25, -0.2) is 0 Å². The second-order valence-corrected chi connectivity index (χ2v) is 6.83. The monoisotopic (exact) mass is 343 g/mol. The van der Waals surface area contributed by atoms with Crippen LogP contribution in [0, 0.1) is 0 Å². The van der Waals surface area contributed by atoms with Crippen molar-refractivity contribution >= 4 is 28.9 Å². The number of likely N-dealkylation sites (N-methyl/N-ethyl adjacent to an activating group) is 1. The van der Waals surface area contributed by atoms with Crippen LogP contribution in [-0.2, 0) is 10.3 Å². The van der Waals surface area contributed by atoms with E-state index < -0.39 is 5.54 Å². The highest BCUT2D eigenvalue weighted by Crippen LogP contribution is 2.47. The van der Waals surface area contributed by atoms with Gasteiger partial charge in [0, 0.05) is 24.8 Å². The van der Waals surface area contributed by atoms with Gasteiger partial charge >= 0.3 is 0 Å². The fourth-order valence-corrected chi connectivity index (χ4v) is 3.96. The van der Waals surface area contributed by atoms with Crippen LogP contribution in [0.4, 0.5) is 5.69 Å². The van der Waals surface area contributed by atoms with E-state index in [1.54, 1.807) is 4.90 Å². The Kier molecular flexibility index (Phi) is 4.63. The molecule has 1 aromatic rings. The molecule has 2 aliphatic heterocycles. The first-order valence-electron chi connectivity index (χ1n) is 8.75. The summed E-state index contributed by atoms with van der Waals surface area (Å²) < 4.78 is 0. The highest BCUT2D eigenvalue weighted by molar-refractivity contribution is 7.80. The van der Waals surface area contributed by atoms with E-state index in [-0.39, 0.29) is 5.91 Å². The van der Waals surface area contributed by atoms with Crippen LogP contribution in [0.1, 0.15) is 45.1 Å². The van der Waals surface area contributed by atoms with Gasteiger partial charge in [0.2, 0.25) is 0 Å². The first-order valence-corrected chi connectivity index (χ1v) is 9.16. The lowest BCUT2D eigenvalue weighted by Gasteiger charge is -2.26. The highest BCUT2D eigenvalue weighted by atomic mass is 32.1. The molecule has 1 saturated heterocycles. The molecule has 1 spiro atoms. The minimum Gasteiger partial charge on any atom is -0.339 e. The van der Waals surface area contributed by atoms with Crippen LogP contribution in [-0.4, -0.2) is 29.5 Å². The molecule has 0 aliphatic carbocycles. The summed E-state index contributed by atoms with van der Waals surface area (Å²) in [6.45, 7) is 5.16. The zero-order valence-electron chi connectivity index (χ0n) is 14.6. The Morgan fingerprint density at radius 2 is 2.00 bits per heavy atom. The van der Waals surface area contributed by atoms with Gasteiger partial charge in [-0.15, -0.1) is 0 Å². The number of thiocarbonyl (C=S) groups is 1. The van der Waals surface area contributed by atoms with Gasteiger partial charge in [0.05, 0.1) is 5.70 Å². The van der Waals surface area contributed by atoms with E-state index in [0.29, 0.717) is 5.11 Å². The maximum Gasteiger partial charge on any atom is 0.263 e. The summed E-state index contributed by atoms with van der Waals surface area (Å²) in [7, 11) is 1.84. The standard InChI is InChI=1S/C19H25N3OS/c1-4-6-12-16-19(20-18(24)22(16)13-7-5-2)14-10-8-9-11-15(14)21(3)17(19)23/h8-12H,4-7,13H2,1-3H3,(H,20,24)/b16-12-. The number of nitrogens with one attached hydrogen (secondary N) is 1. The average molecular weight is 343 g/mol. The van der Waals surface area contributed by atoms with Gasteiger partial charge < -0.3 is 15.1 Å². The zero-order chi connectivity index (χ0) is 17.3. The highest BCUT2D eigenvalue weighted by Gasteiger charge is 2.58. The van der Waals surface area contributed by atoms with Crippen LogP contribution in [0.5, 0.6) is 0 Å². The van der Waals surface area contributed by atoms with E-state index >= 15 is 0 Å². The summed E-state index contributed by atoms with van der Waals surface area (Å²) in [6.07, 6.45) is 6.31. The second-order valence-electron chi connectivity index (χ2n) is 6.44. The number of rotatable bonds is 5. The number of para-hydroxylation sites is 1.